The van der Waals surface area contributed by atoms with Crippen molar-refractivity contribution in [1.82, 2.24) is 19.9 Å². The number of nitrogens with zero attached hydrogens (tertiary/aromatic N) is 4. The first-order chi connectivity index (χ1) is 11.9. The monoisotopic (exact) mass is 315 g/mol. The third kappa shape index (κ3) is 2.98. The number of nitrogens with one attached hydrogen (secondary N) is 1. The molecule has 6 heteroatoms. The Morgan fingerprint density at radius 2 is 1.79 bits per heavy atom. The molecule has 0 amide bonds. The average Bonchev–Trinajstić information content (AvgIpc) is 3.18. The minimum atomic E-state index is 0.691. The van der Waals surface area contributed by atoms with Crippen molar-refractivity contribution < 1.29 is 4.42 Å². The average molecular weight is 315 g/mol. The highest BCUT2D eigenvalue weighted by molar-refractivity contribution is 5.62. The van der Waals surface area contributed by atoms with Crippen molar-refractivity contribution >= 4 is 11.6 Å². The van der Waals surface area contributed by atoms with Gasteiger partial charge in [-0.3, -0.25) is 9.97 Å². The van der Waals surface area contributed by atoms with Gasteiger partial charge in [-0.05, 0) is 36.4 Å². The number of pyridine rings is 2. The molecule has 116 valence electrons. The zero-order valence-corrected chi connectivity index (χ0v) is 12.6. The number of furan rings is 1. The molecule has 6 nitrogen and oxygen atoms in total. The maximum atomic E-state index is 5.36. The highest BCUT2D eigenvalue weighted by atomic mass is 16.3. The van der Waals surface area contributed by atoms with Gasteiger partial charge in [-0.25, -0.2) is 9.97 Å². The molecule has 0 saturated carbocycles. The summed E-state index contributed by atoms with van der Waals surface area (Å²) in [5, 5.41) is 3.19. The lowest BCUT2D eigenvalue weighted by Gasteiger charge is -2.07. The number of hydrogen-bond acceptors (Lipinski definition) is 6. The summed E-state index contributed by atoms with van der Waals surface area (Å²) in [6.45, 7) is 0. The SMILES string of the molecule is c1cc(Nc2ccc(-c3ccco3)cn2)nc(-c2cnccn2)c1. The molecule has 0 aromatic carbocycles. The summed E-state index contributed by atoms with van der Waals surface area (Å²) in [7, 11) is 0. The lowest BCUT2D eigenvalue weighted by atomic mass is 10.2. The standard InChI is InChI=1S/C18H13N5O/c1-3-14(15-12-19-8-9-20-15)22-18(5-1)23-17-7-6-13(11-21-17)16-4-2-10-24-16/h1-12H,(H,21,22,23). The van der Waals surface area contributed by atoms with Crippen LogP contribution in [0.3, 0.4) is 0 Å². The molecule has 4 aromatic heterocycles. The van der Waals surface area contributed by atoms with Gasteiger partial charge in [0.15, 0.2) is 0 Å². The van der Waals surface area contributed by atoms with Crippen LogP contribution in [0.2, 0.25) is 0 Å². The predicted octanol–water partition coefficient (Wildman–Crippen LogP) is 3.94. The Morgan fingerprint density at radius 1 is 0.792 bits per heavy atom. The van der Waals surface area contributed by atoms with Gasteiger partial charge < -0.3 is 9.73 Å². The van der Waals surface area contributed by atoms with Gasteiger partial charge in [0.2, 0.25) is 0 Å². The molecule has 0 radical (unpaired) electrons. The number of anilines is 2. The first kappa shape index (κ1) is 14.1. The molecule has 4 rings (SSSR count). The quantitative estimate of drug-likeness (QED) is 0.614. The lowest BCUT2D eigenvalue weighted by molar-refractivity contribution is 0.582. The van der Waals surface area contributed by atoms with Crippen molar-refractivity contribution in [3.05, 3.63) is 73.5 Å². The topological polar surface area (TPSA) is 76.7 Å². The van der Waals surface area contributed by atoms with Crippen LogP contribution in [0.15, 0.2) is 77.9 Å². The summed E-state index contributed by atoms with van der Waals surface area (Å²) < 4.78 is 5.36. The molecule has 0 atom stereocenters. The van der Waals surface area contributed by atoms with E-state index in [0.717, 1.165) is 22.7 Å². The molecule has 0 unspecified atom stereocenters. The largest absolute Gasteiger partial charge is 0.464 e. The summed E-state index contributed by atoms with van der Waals surface area (Å²) in [6.07, 6.45) is 8.36. The van der Waals surface area contributed by atoms with Crippen molar-refractivity contribution in [3.63, 3.8) is 0 Å². The first-order valence-electron chi connectivity index (χ1n) is 7.39. The minimum absolute atomic E-state index is 0.691. The molecular formula is C18H13N5O. The molecule has 1 N–H and O–H groups in total. The Balaban J connectivity index is 1.55. The van der Waals surface area contributed by atoms with Crippen LogP contribution in [-0.2, 0) is 0 Å². The highest BCUT2D eigenvalue weighted by Gasteiger charge is 2.05. The second-order valence-corrected chi connectivity index (χ2v) is 5.03. The number of aromatic nitrogens is 4. The van der Waals surface area contributed by atoms with Gasteiger partial charge in [0.25, 0.3) is 0 Å². The lowest BCUT2D eigenvalue weighted by Crippen LogP contribution is -1.97. The van der Waals surface area contributed by atoms with Crippen LogP contribution < -0.4 is 5.32 Å². The van der Waals surface area contributed by atoms with Crippen LogP contribution in [0.4, 0.5) is 11.6 Å². The Morgan fingerprint density at radius 3 is 2.54 bits per heavy atom. The third-order valence-electron chi connectivity index (χ3n) is 3.40. The van der Waals surface area contributed by atoms with Crippen molar-refractivity contribution in [2.75, 3.05) is 5.32 Å². The van der Waals surface area contributed by atoms with Crippen molar-refractivity contribution in [1.29, 1.82) is 0 Å². The van der Waals surface area contributed by atoms with E-state index < -0.39 is 0 Å². The van der Waals surface area contributed by atoms with Crippen LogP contribution in [0, 0.1) is 0 Å². The van der Waals surface area contributed by atoms with Gasteiger partial charge in [0.1, 0.15) is 23.1 Å². The van der Waals surface area contributed by atoms with E-state index in [-0.39, 0.29) is 0 Å². The Labute approximate surface area is 138 Å². The van der Waals surface area contributed by atoms with E-state index in [2.05, 4.69) is 25.3 Å². The maximum Gasteiger partial charge on any atom is 0.135 e. The van der Waals surface area contributed by atoms with E-state index in [4.69, 9.17) is 4.42 Å². The molecule has 0 saturated heterocycles. The van der Waals surface area contributed by atoms with Gasteiger partial charge in [-0.1, -0.05) is 6.07 Å². The van der Waals surface area contributed by atoms with E-state index in [1.165, 1.54) is 0 Å². The maximum absolute atomic E-state index is 5.36. The second-order valence-electron chi connectivity index (χ2n) is 5.03. The van der Waals surface area contributed by atoms with Gasteiger partial charge in [0.05, 0.1) is 18.2 Å². The molecule has 0 aliphatic carbocycles. The fourth-order valence-electron chi connectivity index (χ4n) is 2.27. The van der Waals surface area contributed by atoms with Crippen molar-refractivity contribution in [2.24, 2.45) is 0 Å². The van der Waals surface area contributed by atoms with Crippen LogP contribution in [0.25, 0.3) is 22.7 Å². The molecule has 0 fully saturated rings. The molecule has 0 bridgehead atoms. The Bertz CT molecular complexity index is 921. The van der Waals surface area contributed by atoms with E-state index in [1.54, 1.807) is 31.1 Å². The van der Waals surface area contributed by atoms with Gasteiger partial charge >= 0.3 is 0 Å². The minimum Gasteiger partial charge on any atom is -0.464 e. The Kier molecular flexibility index (Phi) is 3.69. The number of hydrogen-bond donors (Lipinski definition) is 1. The molecule has 4 heterocycles. The predicted molar refractivity (Wildman–Crippen MR) is 90.5 cm³/mol. The second kappa shape index (κ2) is 6.29. The summed E-state index contributed by atoms with van der Waals surface area (Å²) in [4.78, 5) is 17.3. The van der Waals surface area contributed by atoms with Crippen LogP contribution >= 0.6 is 0 Å². The zero-order valence-electron chi connectivity index (χ0n) is 12.6. The fourth-order valence-corrected chi connectivity index (χ4v) is 2.27. The van der Waals surface area contributed by atoms with E-state index in [0.29, 0.717) is 11.6 Å². The third-order valence-corrected chi connectivity index (χ3v) is 3.40. The summed E-state index contributed by atoms with van der Waals surface area (Å²) in [5.41, 5.74) is 2.40. The first-order valence-corrected chi connectivity index (χ1v) is 7.39. The van der Waals surface area contributed by atoms with Crippen LogP contribution in [0.1, 0.15) is 0 Å². The Hall–Kier alpha value is -3.54. The molecule has 4 aromatic rings. The van der Waals surface area contributed by atoms with E-state index in [9.17, 15) is 0 Å². The summed E-state index contributed by atoms with van der Waals surface area (Å²) in [5.74, 6) is 2.18. The number of rotatable bonds is 4. The summed E-state index contributed by atoms with van der Waals surface area (Å²) in [6, 6.07) is 13.3. The van der Waals surface area contributed by atoms with Gasteiger partial charge in [-0.2, -0.15) is 0 Å². The smallest absolute Gasteiger partial charge is 0.135 e. The van der Waals surface area contributed by atoms with Crippen molar-refractivity contribution in [3.8, 4) is 22.7 Å². The van der Waals surface area contributed by atoms with Gasteiger partial charge in [0, 0.05) is 24.2 Å². The normalized spacial score (nSPS) is 10.5. The highest BCUT2D eigenvalue weighted by Crippen LogP contribution is 2.22. The van der Waals surface area contributed by atoms with E-state index >= 15 is 0 Å². The van der Waals surface area contributed by atoms with Gasteiger partial charge in [-0.15, -0.1) is 0 Å². The molecule has 0 aliphatic rings. The van der Waals surface area contributed by atoms with Crippen LogP contribution in [0.5, 0.6) is 0 Å². The molecular weight excluding hydrogens is 302 g/mol. The zero-order chi connectivity index (χ0) is 16.2. The van der Waals surface area contributed by atoms with Crippen molar-refractivity contribution in [2.45, 2.75) is 0 Å². The van der Waals surface area contributed by atoms with Crippen LogP contribution in [-0.4, -0.2) is 19.9 Å². The molecule has 24 heavy (non-hydrogen) atoms. The molecule has 0 aliphatic heterocycles. The van der Waals surface area contributed by atoms with E-state index in [1.807, 2.05) is 42.5 Å². The molecule has 0 spiro atoms. The summed E-state index contributed by atoms with van der Waals surface area (Å²) >= 11 is 0. The fraction of sp³-hybridized carbons (Fsp3) is 0.